The molecule has 0 aliphatic rings. The van der Waals surface area contributed by atoms with Crippen LogP contribution in [0.25, 0.3) is 21.8 Å². The van der Waals surface area contributed by atoms with Crippen molar-refractivity contribution in [3.05, 3.63) is 51.9 Å². The molecule has 0 spiro atoms. The van der Waals surface area contributed by atoms with Crippen LogP contribution in [-0.4, -0.2) is 45.5 Å². The molecule has 3 aromatic rings. The van der Waals surface area contributed by atoms with E-state index in [9.17, 15) is 9.59 Å². The van der Waals surface area contributed by atoms with Crippen molar-refractivity contribution in [2.75, 3.05) is 13.1 Å². The molecule has 1 unspecified atom stereocenters. The molecule has 1 atom stereocenters. The van der Waals surface area contributed by atoms with E-state index in [0.717, 1.165) is 29.6 Å². The number of hydrogen-bond donors (Lipinski definition) is 1. The second kappa shape index (κ2) is 8.96. The predicted molar refractivity (Wildman–Crippen MR) is 123 cm³/mol. The largest absolute Gasteiger partial charge is 0.348 e. The van der Waals surface area contributed by atoms with Crippen LogP contribution in [0, 0.1) is 6.92 Å². The quantitative estimate of drug-likeness (QED) is 0.605. The Kier molecular flexibility index (Phi) is 6.56. The van der Waals surface area contributed by atoms with Crippen LogP contribution in [0.4, 0.5) is 0 Å². The summed E-state index contributed by atoms with van der Waals surface area (Å²) in [5.74, 6) is -0.199. The van der Waals surface area contributed by atoms with Gasteiger partial charge in [-0.25, -0.2) is 4.98 Å². The first-order chi connectivity index (χ1) is 14.3. The molecule has 3 rings (SSSR count). The summed E-state index contributed by atoms with van der Waals surface area (Å²) in [7, 11) is 0. The zero-order valence-electron chi connectivity index (χ0n) is 18.8. The fraction of sp³-hybridized carbons (Fsp3) is 0.458. The first-order valence-corrected chi connectivity index (χ1v) is 10.7. The summed E-state index contributed by atoms with van der Waals surface area (Å²) in [6, 6.07) is 8.13. The van der Waals surface area contributed by atoms with Crippen LogP contribution >= 0.6 is 0 Å². The Bertz CT molecular complexity index is 1130. The highest BCUT2D eigenvalue weighted by Crippen LogP contribution is 2.22. The summed E-state index contributed by atoms with van der Waals surface area (Å²) in [4.78, 5) is 33.2. The average molecular weight is 409 g/mol. The number of para-hydroxylation sites is 1. The van der Waals surface area contributed by atoms with E-state index < -0.39 is 0 Å². The van der Waals surface area contributed by atoms with E-state index in [2.05, 4.69) is 31.0 Å². The van der Waals surface area contributed by atoms with Gasteiger partial charge in [0.15, 0.2) is 0 Å². The highest BCUT2D eigenvalue weighted by Gasteiger charge is 2.20. The van der Waals surface area contributed by atoms with Crippen LogP contribution in [0.2, 0.25) is 0 Å². The third kappa shape index (κ3) is 4.24. The van der Waals surface area contributed by atoms with E-state index in [1.807, 2.05) is 45.0 Å². The highest BCUT2D eigenvalue weighted by atomic mass is 16.2. The number of carbonyl (C=O) groups is 1. The van der Waals surface area contributed by atoms with Crippen molar-refractivity contribution in [2.45, 2.75) is 60.2 Å². The molecule has 0 fully saturated rings. The Balaban J connectivity index is 2.07. The topological polar surface area (TPSA) is 67.2 Å². The molecule has 0 radical (unpaired) electrons. The van der Waals surface area contributed by atoms with Gasteiger partial charge in [-0.3, -0.25) is 14.5 Å². The van der Waals surface area contributed by atoms with Gasteiger partial charge in [0.2, 0.25) is 0 Å². The third-order valence-corrected chi connectivity index (χ3v) is 5.69. The van der Waals surface area contributed by atoms with Crippen molar-refractivity contribution in [1.29, 1.82) is 0 Å². The summed E-state index contributed by atoms with van der Waals surface area (Å²) in [5.41, 5.74) is 2.62. The smallest absolute Gasteiger partial charge is 0.260 e. The summed E-state index contributed by atoms with van der Waals surface area (Å²) < 4.78 is 1.58. The lowest BCUT2D eigenvalue weighted by Gasteiger charge is -2.28. The zero-order valence-corrected chi connectivity index (χ0v) is 18.8. The van der Waals surface area contributed by atoms with E-state index in [-0.39, 0.29) is 17.5 Å². The van der Waals surface area contributed by atoms with Gasteiger partial charge in [0.25, 0.3) is 11.5 Å². The van der Waals surface area contributed by atoms with Crippen molar-refractivity contribution in [2.24, 2.45) is 0 Å². The molecule has 1 N–H and O–H groups in total. The van der Waals surface area contributed by atoms with Crippen molar-refractivity contribution in [1.82, 2.24) is 19.8 Å². The Morgan fingerprint density at radius 3 is 2.57 bits per heavy atom. The highest BCUT2D eigenvalue weighted by molar-refractivity contribution is 6.07. The Hall–Kier alpha value is -2.73. The molecule has 0 aliphatic carbocycles. The molecule has 1 aromatic carbocycles. The van der Waals surface area contributed by atoms with Crippen molar-refractivity contribution < 1.29 is 4.79 Å². The van der Waals surface area contributed by atoms with Crippen molar-refractivity contribution in [3.63, 3.8) is 0 Å². The minimum absolute atomic E-state index is 0.0286. The summed E-state index contributed by atoms with van der Waals surface area (Å²) in [5, 5.41) is 4.49. The first-order valence-electron chi connectivity index (χ1n) is 10.7. The Labute approximate surface area is 177 Å². The van der Waals surface area contributed by atoms with Gasteiger partial charge in [0.05, 0.1) is 22.0 Å². The average Bonchev–Trinajstić information content (AvgIpc) is 2.71. The molecule has 0 saturated heterocycles. The number of pyridine rings is 2. The molecule has 0 aliphatic heterocycles. The number of likely N-dealkylation sites (N-methyl/N-ethyl adjacent to an activating group) is 1. The number of aryl methyl sites for hydroxylation is 2. The number of benzene rings is 1. The summed E-state index contributed by atoms with van der Waals surface area (Å²) >= 11 is 0. The number of nitrogens with one attached hydrogen (secondary N) is 1. The second-order valence-corrected chi connectivity index (χ2v) is 8.22. The number of aromatic nitrogens is 2. The molecule has 0 saturated carbocycles. The number of amides is 1. The SMILES string of the molecule is CCN(CC(C)NC(=O)c1cn(CC)c(=O)c2cc3cccc(C)c3nc12)C(C)C. The lowest BCUT2D eigenvalue weighted by Crippen LogP contribution is -2.44. The molecule has 6 nitrogen and oxygen atoms in total. The number of fused-ring (bicyclic) bond motifs is 2. The van der Waals surface area contributed by atoms with Gasteiger partial charge in [-0.15, -0.1) is 0 Å². The van der Waals surface area contributed by atoms with Gasteiger partial charge in [0, 0.05) is 36.8 Å². The van der Waals surface area contributed by atoms with E-state index in [1.54, 1.807) is 10.8 Å². The number of carbonyl (C=O) groups excluding carboxylic acids is 1. The fourth-order valence-electron chi connectivity index (χ4n) is 3.95. The second-order valence-electron chi connectivity index (χ2n) is 8.22. The van der Waals surface area contributed by atoms with E-state index >= 15 is 0 Å². The molecular formula is C24H32N4O2. The van der Waals surface area contributed by atoms with Gasteiger partial charge < -0.3 is 9.88 Å². The third-order valence-electron chi connectivity index (χ3n) is 5.69. The molecule has 1 amide bonds. The molecule has 30 heavy (non-hydrogen) atoms. The van der Waals surface area contributed by atoms with Crippen LogP contribution in [0.5, 0.6) is 0 Å². The summed E-state index contributed by atoms with van der Waals surface area (Å²) in [6.07, 6.45) is 1.64. The maximum atomic E-state index is 13.2. The standard InChI is InChI=1S/C24H32N4O2/c1-7-27(15(3)4)13-17(6)25-23(29)20-14-28(8-2)24(30)19-12-18-11-9-10-16(5)21(18)26-22(19)20/h9-12,14-15,17H,7-8,13H2,1-6H3,(H,25,29). The summed E-state index contributed by atoms with van der Waals surface area (Å²) in [6.45, 7) is 14.5. The number of nitrogens with zero attached hydrogens (tertiary/aromatic N) is 3. The molecule has 6 heteroatoms. The molecule has 0 bridgehead atoms. The molecular weight excluding hydrogens is 376 g/mol. The number of hydrogen-bond acceptors (Lipinski definition) is 4. The first kappa shape index (κ1) is 22.0. The monoisotopic (exact) mass is 408 g/mol. The van der Waals surface area contributed by atoms with Crippen LogP contribution < -0.4 is 10.9 Å². The minimum Gasteiger partial charge on any atom is -0.348 e. The van der Waals surface area contributed by atoms with Crippen LogP contribution in [0.3, 0.4) is 0 Å². The van der Waals surface area contributed by atoms with Crippen molar-refractivity contribution in [3.8, 4) is 0 Å². The fourth-order valence-corrected chi connectivity index (χ4v) is 3.95. The van der Waals surface area contributed by atoms with Gasteiger partial charge in [-0.1, -0.05) is 25.1 Å². The van der Waals surface area contributed by atoms with E-state index in [1.165, 1.54) is 0 Å². The lowest BCUT2D eigenvalue weighted by molar-refractivity contribution is 0.0925. The van der Waals surface area contributed by atoms with Crippen LogP contribution in [-0.2, 0) is 6.54 Å². The Morgan fingerprint density at radius 2 is 1.93 bits per heavy atom. The molecule has 2 aromatic heterocycles. The van der Waals surface area contributed by atoms with Gasteiger partial charge in [-0.05, 0) is 52.8 Å². The minimum atomic E-state index is -0.199. The lowest BCUT2D eigenvalue weighted by atomic mass is 10.1. The van der Waals surface area contributed by atoms with Gasteiger partial charge in [-0.2, -0.15) is 0 Å². The molecule has 2 heterocycles. The van der Waals surface area contributed by atoms with Crippen LogP contribution in [0.1, 0.15) is 50.5 Å². The Morgan fingerprint density at radius 1 is 1.20 bits per heavy atom. The van der Waals surface area contributed by atoms with Gasteiger partial charge in [0.1, 0.15) is 0 Å². The maximum absolute atomic E-state index is 13.2. The predicted octanol–water partition coefficient (Wildman–Crippen LogP) is 3.73. The molecule has 160 valence electrons. The van der Waals surface area contributed by atoms with Crippen molar-refractivity contribution >= 4 is 27.7 Å². The van der Waals surface area contributed by atoms with Gasteiger partial charge >= 0.3 is 0 Å². The van der Waals surface area contributed by atoms with Crippen LogP contribution in [0.15, 0.2) is 35.3 Å². The van der Waals surface area contributed by atoms with E-state index in [0.29, 0.717) is 29.1 Å². The number of rotatable bonds is 7. The zero-order chi connectivity index (χ0) is 22.0. The normalized spacial score (nSPS) is 12.8. The maximum Gasteiger partial charge on any atom is 0.260 e. The van der Waals surface area contributed by atoms with E-state index in [4.69, 9.17) is 4.98 Å².